The lowest BCUT2D eigenvalue weighted by atomic mass is 9.95. The van der Waals surface area contributed by atoms with Gasteiger partial charge in [-0.15, -0.1) is 0 Å². The average Bonchev–Trinajstić information content (AvgIpc) is 2.59. The van der Waals surface area contributed by atoms with E-state index in [-0.39, 0.29) is 6.04 Å². The molecule has 0 bridgehead atoms. The molecule has 1 aromatic carbocycles. The van der Waals surface area contributed by atoms with Crippen LogP contribution in [-0.2, 0) is 0 Å². The molecule has 0 aliphatic carbocycles. The molecule has 1 nitrogen and oxygen atoms in total. The topological polar surface area (TPSA) is 12.4 Å². The molecule has 1 heteroatoms. The molecule has 1 aliphatic rings. The quantitative estimate of drug-likeness (QED) is 0.611. The molecule has 2 rings (SSSR count). The van der Waals surface area contributed by atoms with Crippen LogP contribution in [0.25, 0.3) is 5.57 Å². The first-order chi connectivity index (χ1) is 11.0. The Morgan fingerprint density at radius 3 is 2.35 bits per heavy atom. The van der Waals surface area contributed by atoms with E-state index < -0.39 is 0 Å². The molecule has 0 saturated carbocycles. The summed E-state index contributed by atoms with van der Waals surface area (Å²) in [5.74, 6) is 0. The lowest BCUT2D eigenvalue weighted by molar-refractivity contribution is 0.826. The molecule has 0 aromatic heterocycles. The first kappa shape index (κ1) is 17.5. The molecule has 0 N–H and O–H groups in total. The summed E-state index contributed by atoms with van der Waals surface area (Å²) in [6.07, 6.45) is 8.06. The zero-order valence-electron chi connectivity index (χ0n) is 15.2. The van der Waals surface area contributed by atoms with Gasteiger partial charge in [0.2, 0.25) is 0 Å². The largest absolute Gasteiger partial charge is 0.282 e. The first-order valence-electron chi connectivity index (χ1n) is 8.72. The Morgan fingerprint density at radius 1 is 1.00 bits per heavy atom. The third-order valence-electron chi connectivity index (χ3n) is 4.64. The van der Waals surface area contributed by atoms with Gasteiger partial charge in [0.15, 0.2) is 0 Å². The predicted molar refractivity (Wildman–Crippen MR) is 103 cm³/mol. The molecule has 1 aliphatic heterocycles. The second-order valence-electron chi connectivity index (χ2n) is 6.50. The Balaban J connectivity index is 2.53. The minimum Gasteiger partial charge on any atom is -0.282 e. The summed E-state index contributed by atoms with van der Waals surface area (Å²) in [7, 11) is 0. The van der Waals surface area contributed by atoms with Crippen molar-refractivity contribution in [3.8, 4) is 0 Å². The molecule has 1 heterocycles. The molecular formula is C22H29N. The number of benzene rings is 1. The fourth-order valence-corrected chi connectivity index (χ4v) is 2.94. The molecule has 0 fully saturated rings. The van der Waals surface area contributed by atoms with E-state index in [1.165, 1.54) is 46.4 Å². The standard InChI is InChI=1S/C22H29N/c1-6-7-13-21-14-16(2)18(4)17(3)15-22(19(5)23-21)20-11-9-8-10-12-20/h8-12,14-15,19H,6-7,13H2,1-5H3/b16-14+,18-17-,22-15+,23-21?. The van der Waals surface area contributed by atoms with Crippen molar-refractivity contribution in [3.05, 3.63) is 64.8 Å². The highest BCUT2D eigenvalue weighted by atomic mass is 14.8. The number of unbranched alkanes of at least 4 members (excludes halogenated alkanes) is 1. The Labute approximate surface area is 141 Å². The summed E-state index contributed by atoms with van der Waals surface area (Å²) in [6.45, 7) is 11.1. The summed E-state index contributed by atoms with van der Waals surface area (Å²) >= 11 is 0. The molecule has 0 radical (unpaired) electrons. The molecular weight excluding hydrogens is 278 g/mol. The number of nitrogens with zero attached hydrogens (tertiary/aromatic N) is 1. The van der Waals surface area contributed by atoms with Gasteiger partial charge in [-0.2, -0.15) is 0 Å². The first-order valence-corrected chi connectivity index (χ1v) is 8.72. The van der Waals surface area contributed by atoms with Crippen molar-refractivity contribution in [2.75, 3.05) is 0 Å². The van der Waals surface area contributed by atoms with Crippen LogP contribution in [0.4, 0.5) is 0 Å². The van der Waals surface area contributed by atoms with Gasteiger partial charge >= 0.3 is 0 Å². The lowest BCUT2D eigenvalue weighted by Gasteiger charge is -2.14. The van der Waals surface area contributed by atoms with Crippen LogP contribution in [0.3, 0.4) is 0 Å². The molecule has 1 atom stereocenters. The van der Waals surface area contributed by atoms with Gasteiger partial charge in [-0.05, 0) is 74.5 Å². The molecule has 0 spiro atoms. The second kappa shape index (κ2) is 8.10. The third-order valence-corrected chi connectivity index (χ3v) is 4.64. The number of rotatable bonds is 4. The summed E-state index contributed by atoms with van der Waals surface area (Å²) in [5.41, 5.74) is 7.82. The van der Waals surface area contributed by atoms with E-state index >= 15 is 0 Å². The predicted octanol–water partition coefficient (Wildman–Crippen LogP) is 6.39. The van der Waals surface area contributed by atoms with Crippen LogP contribution in [0.15, 0.2) is 64.2 Å². The highest BCUT2D eigenvalue weighted by molar-refractivity contribution is 5.97. The number of aliphatic imine (C=N–C) groups is 1. The summed E-state index contributed by atoms with van der Waals surface area (Å²) in [4.78, 5) is 5.06. The monoisotopic (exact) mass is 307 g/mol. The second-order valence-corrected chi connectivity index (χ2v) is 6.50. The fraction of sp³-hybridized carbons (Fsp3) is 0.409. The molecule has 1 unspecified atom stereocenters. The van der Waals surface area contributed by atoms with Crippen LogP contribution in [0.2, 0.25) is 0 Å². The molecule has 0 saturated heterocycles. The van der Waals surface area contributed by atoms with Gasteiger partial charge < -0.3 is 0 Å². The van der Waals surface area contributed by atoms with Crippen molar-refractivity contribution in [2.24, 2.45) is 4.99 Å². The SMILES string of the molecule is CCCCC1=NC(C)\C(c2ccccc2)=C/C(C)=C(C)\C(C)=C\1. The number of hydrogen-bond donors (Lipinski definition) is 0. The van der Waals surface area contributed by atoms with Crippen LogP contribution < -0.4 is 0 Å². The number of allylic oxidation sites excluding steroid dienone is 5. The van der Waals surface area contributed by atoms with Crippen molar-refractivity contribution in [2.45, 2.75) is 59.9 Å². The van der Waals surface area contributed by atoms with Crippen LogP contribution in [0.1, 0.15) is 59.4 Å². The van der Waals surface area contributed by atoms with E-state index in [1.54, 1.807) is 0 Å². The van der Waals surface area contributed by atoms with Gasteiger partial charge in [-0.1, -0.05) is 49.8 Å². The third kappa shape index (κ3) is 4.54. The fourth-order valence-electron chi connectivity index (χ4n) is 2.94. The highest BCUT2D eigenvalue weighted by Crippen LogP contribution is 2.27. The maximum atomic E-state index is 5.06. The van der Waals surface area contributed by atoms with E-state index in [0.29, 0.717) is 0 Å². The minimum atomic E-state index is 0.175. The van der Waals surface area contributed by atoms with Crippen molar-refractivity contribution in [3.63, 3.8) is 0 Å². The molecule has 1 aromatic rings. The van der Waals surface area contributed by atoms with Crippen LogP contribution in [-0.4, -0.2) is 11.8 Å². The maximum Gasteiger partial charge on any atom is 0.0729 e. The van der Waals surface area contributed by atoms with Gasteiger partial charge in [0.1, 0.15) is 0 Å². The van der Waals surface area contributed by atoms with Gasteiger partial charge in [-0.3, -0.25) is 4.99 Å². The Morgan fingerprint density at radius 2 is 1.70 bits per heavy atom. The molecule has 0 amide bonds. The average molecular weight is 307 g/mol. The number of hydrogen-bond acceptors (Lipinski definition) is 1. The van der Waals surface area contributed by atoms with Crippen molar-refractivity contribution in [1.82, 2.24) is 0 Å². The summed E-state index contributed by atoms with van der Waals surface area (Å²) in [5, 5.41) is 0. The van der Waals surface area contributed by atoms with Crippen molar-refractivity contribution >= 4 is 11.3 Å². The van der Waals surface area contributed by atoms with E-state index in [2.05, 4.69) is 77.1 Å². The Kier molecular flexibility index (Phi) is 6.15. The normalized spacial score (nSPS) is 27.0. The lowest BCUT2D eigenvalue weighted by Crippen LogP contribution is -2.07. The van der Waals surface area contributed by atoms with Crippen LogP contribution >= 0.6 is 0 Å². The zero-order valence-corrected chi connectivity index (χ0v) is 15.2. The summed E-state index contributed by atoms with van der Waals surface area (Å²) < 4.78 is 0. The minimum absolute atomic E-state index is 0.175. The maximum absolute atomic E-state index is 5.06. The van der Waals surface area contributed by atoms with Gasteiger partial charge in [-0.25, -0.2) is 0 Å². The van der Waals surface area contributed by atoms with Crippen molar-refractivity contribution in [1.29, 1.82) is 0 Å². The smallest absolute Gasteiger partial charge is 0.0729 e. The van der Waals surface area contributed by atoms with E-state index in [4.69, 9.17) is 4.99 Å². The van der Waals surface area contributed by atoms with Gasteiger partial charge in [0.25, 0.3) is 0 Å². The van der Waals surface area contributed by atoms with E-state index in [0.717, 1.165) is 6.42 Å². The zero-order chi connectivity index (χ0) is 16.8. The van der Waals surface area contributed by atoms with Crippen LogP contribution in [0, 0.1) is 0 Å². The Bertz CT molecular complexity index is 656. The Hall–Kier alpha value is -1.89. The van der Waals surface area contributed by atoms with Gasteiger partial charge in [0.05, 0.1) is 6.04 Å². The summed E-state index contributed by atoms with van der Waals surface area (Å²) in [6, 6.07) is 10.8. The highest BCUT2D eigenvalue weighted by Gasteiger charge is 2.14. The van der Waals surface area contributed by atoms with E-state index in [9.17, 15) is 0 Å². The van der Waals surface area contributed by atoms with Gasteiger partial charge in [0, 0.05) is 5.71 Å². The van der Waals surface area contributed by atoms with Crippen LogP contribution in [0.5, 0.6) is 0 Å². The molecule has 23 heavy (non-hydrogen) atoms. The van der Waals surface area contributed by atoms with Crippen molar-refractivity contribution < 1.29 is 0 Å². The van der Waals surface area contributed by atoms with E-state index in [1.807, 2.05) is 0 Å². The molecule has 122 valence electrons.